The van der Waals surface area contributed by atoms with Gasteiger partial charge in [0.25, 0.3) is 0 Å². The summed E-state index contributed by atoms with van der Waals surface area (Å²) in [6.45, 7) is 7.69. The summed E-state index contributed by atoms with van der Waals surface area (Å²) in [5.41, 5.74) is 4.81. The van der Waals surface area contributed by atoms with Crippen LogP contribution in [0.2, 0.25) is 0 Å². The molecule has 1 saturated heterocycles. The smallest absolute Gasteiger partial charge is 0.173 e. The van der Waals surface area contributed by atoms with Crippen molar-refractivity contribution in [2.24, 2.45) is 0 Å². The Labute approximate surface area is 191 Å². The van der Waals surface area contributed by atoms with Crippen LogP contribution < -0.4 is 5.32 Å². The highest BCUT2D eigenvalue weighted by atomic mass is 79.9. The highest BCUT2D eigenvalue weighted by molar-refractivity contribution is 9.10. The lowest BCUT2D eigenvalue weighted by Crippen LogP contribution is -2.49. The molecule has 156 valence electrons. The molecule has 0 radical (unpaired) electrons. The van der Waals surface area contributed by atoms with E-state index in [2.05, 4.69) is 91.6 Å². The fourth-order valence-corrected chi connectivity index (χ4v) is 4.37. The van der Waals surface area contributed by atoms with Crippen LogP contribution in [0.4, 0.5) is 5.69 Å². The van der Waals surface area contributed by atoms with Gasteiger partial charge in [-0.1, -0.05) is 58.4 Å². The number of hydrogen-bond donors (Lipinski definition) is 1. The molecule has 1 aromatic heterocycles. The fourth-order valence-electron chi connectivity index (χ4n) is 3.66. The first-order chi connectivity index (χ1) is 14.6. The Kier molecular flexibility index (Phi) is 6.82. The summed E-state index contributed by atoms with van der Waals surface area (Å²) in [5.74, 6) is 0. The second-order valence-electron chi connectivity index (χ2n) is 7.64. The molecule has 1 N–H and O–H groups in total. The molecule has 1 aliphatic rings. The molecule has 1 aliphatic heterocycles. The number of nitrogens with zero attached hydrogens (tertiary/aromatic N) is 4. The minimum absolute atomic E-state index is 0.759. The summed E-state index contributed by atoms with van der Waals surface area (Å²) in [4.78, 5) is 4.71. The molecular formula is C23H26BrN5S. The molecule has 0 atom stereocenters. The van der Waals surface area contributed by atoms with E-state index in [0.717, 1.165) is 50.1 Å². The average molecular weight is 484 g/mol. The lowest BCUT2D eigenvalue weighted by molar-refractivity contribution is 0.176. The van der Waals surface area contributed by atoms with Crippen LogP contribution in [0.3, 0.4) is 0 Å². The van der Waals surface area contributed by atoms with E-state index in [0.29, 0.717) is 0 Å². The molecule has 3 aromatic rings. The predicted molar refractivity (Wildman–Crippen MR) is 130 cm³/mol. The molecule has 0 spiro atoms. The van der Waals surface area contributed by atoms with Crippen LogP contribution >= 0.6 is 28.1 Å². The number of nitrogens with one attached hydrogen (secondary N) is 1. The largest absolute Gasteiger partial charge is 0.346 e. The summed E-state index contributed by atoms with van der Waals surface area (Å²) in [5, 5.41) is 8.60. The van der Waals surface area contributed by atoms with Gasteiger partial charge in [0, 0.05) is 43.4 Å². The average Bonchev–Trinajstić information content (AvgIpc) is 3.19. The zero-order valence-corrected chi connectivity index (χ0v) is 19.5. The Morgan fingerprint density at radius 1 is 1.00 bits per heavy atom. The third-order valence-electron chi connectivity index (χ3n) is 5.49. The van der Waals surface area contributed by atoms with Crippen molar-refractivity contribution in [3.63, 3.8) is 0 Å². The van der Waals surface area contributed by atoms with Crippen molar-refractivity contribution < 1.29 is 0 Å². The number of hydrogen-bond acceptors (Lipinski definition) is 3. The van der Waals surface area contributed by atoms with Crippen molar-refractivity contribution >= 4 is 38.9 Å². The lowest BCUT2D eigenvalue weighted by atomic mass is 10.1. The molecule has 0 bridgehead atoms. The maximum atomic E-state index is 5.66. The quantitative estimate of drug-likeness (QED) is 0.539. The molecule has 30 heavy (non-hydrogen) atoms. The number of benzene rings is 2. The summed E-state index contributed by atoms with van der Waals surface area (Å²) < 4.78 is 3.12. The van der Waals surface area contributed by atoms with Crippen LogP contribution in [0, 0.1) is 6.92 Å². The van der Waals surface area contributed by atoms with Crippen molar-refractivity contribution in [3.8, 4) is 0 Å². The number of piperazine rings is 1. The normalized spacial score (nSPS) is 14.7. The molecule has 5 nitrogen and oxygen atoms in total. The van der Waals surface area contributed by atoms with E-state index in [-0.39, 0.29) is 0 Å². The molecule has 0 aliphatic carbocycles. The van der Waals surface area contributed by atoms with Crippen molar-refractivity contribution in [2.45, 2.75) is 20.0 Å². The maximum Gasteiger partial charge on any atom is 0.173 e. The van der Waals surface area contributed by atoms with E-state index in [4.69, 9.17) is 12.2 Å². The van der Waals surface area contributed by atoms with Gasteiger partial charge in [0.05, 0.1) is 18.4 Å². The lowest BCUT2D eigenvalue weighted by Gasteiger charge is -2.36. The third-order valence-corrected chi connectivity index (χ3v) is 6.62. The first-order valence-corrected chi connectivity index (χ1v) is 11.4. The van der Waals surface area contributed by atoms with Crippen LogP contribution in [-0.4, -0.2) is 50.9 Å². The van der Waals surface area contributed by atoms with Gasteiger partial charge < -0.3 is 10.2 Å². The molecule has 0 saturated carbocycles. The highest BCUT2D eigenvalue weighted by Gasteiger charge is 2.20. The minimum Gasteiger partial charge on any atom is -0.346 e. The molecule has 7 heteroatoms. The molecule has 4 rings (SSSR count). The number of anilines is 1. The molecule has 1 fully saturated rings. The second-order valence-corrected chi connectivity index (χ2v) is 8.88. The summed E-state index contributed by atoms with van der Waals surface area (Å²) >= 11 is 9.30. The van der Waals surface area contributed by atoms with Gasteiger partial charge in [-0.05, 0) is 41.9 Å². The van der Waals surface area contributed by atoms with Gasteiger partial charge in [-0.2, -0.15) is 5.10 Å². The van der Waals surface area contributed by atoms with Crippen molar-refractivity contribution in [1.82, 2.24) is 19.6 Å². The van der Waals surface area contributed by atoms with Gasteiger partial charge in [-0.15, -0.1) is 0 Å². The maximum absolute atomic E-state index is 5.66. The van der Waals surface area contributed by atoms with Crippen LogP contribution in [0.25, 0.3) is 0 Å². The van der Waals surface area contributed by atoms with E-state index >= 15 is 0 Å². The summed E-state index contributed by atoms with van der Waals surface area (Å²) in [6.07, 6.45) is 3.86. The van der Waals surface area contributed by atoms with Gasteiger partial charge >= 0.3 is 0 Å². The van der Waals surface area contributed by atoms with E-state index in [1.165, 1.54) is 21.2 Å². The second kappa shape index (κ2) is 9.73. The Morgan fingerprint density at radius 3 is 2.43 bits per heavy atom. The number of thiocarbonyl (C=S) groups is 1. The van der Waals surface area contributed by atoms with Crippen LogP contribution in [-0.2, 0) is 13.1 Å². The first-order valence-electron chi connectivity index (χ1n) is 10.2. The standard InChI is InChI=1S/C23H26BrN5S/c1-18-6-2-3-7-19(18)16-29-17-21(14-25-29)26-23(30)28-12-10-27(11-13-28)15-20-8-4-5-9-22(20)24/h2-9,14,17H,10-13,15-16H2,1H3,(H,26,30). The van der Waals surface area contributed by atoms with Gasteiger partial charge in [-0.3, -0.25) is 9.58 Å². The molecule has 0 unspecified atom stereocenters. The van der Waals surface area contributed by atoms with E-state index < -0.39 is 0 Å². The molecule has 0 amide bonds. The number of aromatic nitrogens is 2. The Morgan fingerprint density at radius 2 is 1.70 bits per heavy atom. The van der Waals surface area contributed by atoms with Crippen LogP contribution in [0.1, 0.15) is 16.7 Å². The van der Waals surface area contributed by atoms with Crippen molar-refractivity contribution in [3.05, 3.63) is 82.1 Å². The number of rotatable bonds is 5. The minimum atomic E-state index is 0.759. The van der Waals surface area contributed by atoms with Crippen LogP contribution in [0.5, 0.6) is 0 Å². The SMILES string of the molecule is Cc1ccccc1Cn1cc(NC(=S)N2CCN(Cc3ccccc3Br)CC2)cn1. The Bertz CT molecular complexity index is 1010. The van der Waals surface area contributed by atoms with Gasteiger partial charge in [-0.25, -0.2) is 0 Å². The first kappa shape index (κ1) is 21.0. The number of halogens is 1. The fraction of sp³-hybridized carbons (Fsp3) is 0.304. The monoisotopic (exact) mass is 483 g/mol. The Hall–Kier alpha value is -2.22. The zero-order chi connectivity index (χ0) is 20.9. The highest BCUT2D eigenvalue weighted by Crippen LogP contribution is 2.19. The van der Waals surface area contributed by atoms with Crippen molar-refractivity contribution in [2.75, 3.05) is 31.5 Å². The van der Waals surface area contributed by atoms with E-state index in [1.807, 2.05) is 17.1 Å². The third kappa shape index (κ3) is 5.28. The van der Waals surface area contributed by atoms with E-state index in [1.54, 1.807) is 0 Å². The van der Waals surface area contributed by atoms with Gasteiger partial charge in [0.1, 0.15) is 0 Å². The molecule has 2 aromatic carbocycles. The Balaban J connectivity index is 1.28. The molecule has 2 heterocycles. The topological polar surface area (TPSA) is 36.3 Å². The predicted octanol–water partition coefficient (Wildman–Crippen LogP) is 4.52. The summed E-state index contributed by atoms with van der Waals surface area (Å²) in [6, 6.07) is 16.8. The summed E-state index contributed by atoms with van der Waals surface area (Å²) in [7, 11) is 0. The zero-order valence-electron chi connectivity index (χ0n) is 17.1. The number of aryl methyl sites for hydroxylation is 1. The van der Waals surface area contributed by atoms with Crippen molar-refractivity contribution in [1.29, 1.82) is 0 Å². The van der Waals surface area contributed by atoms with Gasteiger partial charge in [0.2, 0.25) is 0 Å². The van der Waals surface area contributed by atoms with Gasteiger partial charge in [0.15, 0.2) is 5.11 Å². The molecular weight excluding hydrogens is 458 g/mol. The van der Waals surface area contributed by atoms with Crippen LogP contribution in [0.15, 0.2) is 65.4 Å². The van der Waals surface area contributed by atoms with E-state index in [9.17, 15) is 0 Å².